The molecule has 3 nitrogen and oxygen atoms in total. The molecule has 0 saturated heterocycles. The summed E-state index contributed by atoms with van der Waals surface area (Å²) in [7, 11) is -3.33. The molecule has 0 heterocycles. The van der Waals surface area contributed by atoms with Crippen LogP contribution in [0.4, 0.5) is 0 Å². The lowest BCUT2D eigenvalue weighted by atomic mass is 10.1. The van der Waals surface area contributed by atoms with Gasteiger partial charge in [-0.05, 0) is 13.0 Å². The number of hydrogen-bond donors (Lipinski definition) is 1. The molecule has 90 valence electrons. The fraction of sp³-hybridized carbons (Fsp3) is 0.400. The van der Waals surface area contributed by atoms with Crippen LogP contribution in [0.15, 0.2) is 18.2 Å². The minimum atomic E-state index is -3.33. The maximum Gasteiger partial charge on any atom is 0.152 e. The highest BCUT2D eigenvalue weighted by atomic mass is 35.5. The summed E-state index contributed by atoms with van der Waals surface area (Å²) in [5.41, 5.74) is 0.326. The van der Waals surface area contributed by atoms with Crippen LogP contribution in [0.25, 0.3) is 0 Å². The van der Waals surface area contributed by atoms with E-state index in [1.54, 1.807) is 18.2 Å². The number of benzene rings is 1. The normalized spacial score (nSPS) is 15.8. The zero-order valence-corrected chi connectivity index (χ0v) is 11.1. The first-order valence-corrected chi connectivity index (χ1v) is 7.27. The molecule has 0 aromatic heterocycles. The van der Waals surface area contributed by atoms with Crippen molar-refractivity contribution in [2.75, 3.05) is 6.26 Å². The Balaban J connectivity index is 3.15. The van der Waals surface area contributed by atoms with E-state index in [0.717, 1.165) is 6.26 Å². The van der Waals surface area contributed by atoms with E-state index in [0.29, 0.717) is 10.6 Å². The number of hydrogen-bond acceptors (Lipinski definition) is 3. The zero-order chi connectivity index (χ0) is 12.5. The Labute approximate surface area is 105 Å². The van der Waals surface area contributed by atoms with Crippen LogP contribution in [-0.4, -0.2) is 25.0 Å². The molecule has 1 aromatic carbocycles. The molecule has 0 saturated carbocycles. The Kier molecular flexibility index (Phi) is 4.23. The number of halogens is 2. The number of rotatable bonds is 3. The van der Waals surface area contributed by atoms with E-state index in [-0.39, 0.29) is 5.02 Å². The second-order valence-corrected chi connectivity index (χ2v) is 6.81. The van der Waals surface area contributed by atoms with E-state index < -0.39 is 21.2 Å². The van der Waals surface area contributed by atoms with Crippen LogP contribution in [0.2, 0.25) is 10.0 Å². The van der Waals surface area contributed by atoms with E-state index in [2.05, 4.69) is 0 Å². The molecule has 0 aliphatic carbocycles. The summed E-state index contributed by atoms with van der Waals surface area (Å²) >= 11 is 11.7. The monoisotopic (exact) mass is 282 g/mol. The first-order chi connectivity index (χ1) is 7.25. The summed E-state index contributed by atoms with van der Waals surface area (Å²) < 4.78 is 22.6. The van der Waals surface area contributed by atoms with Crippen molar-refractivity contribution in [3.63, 3.8) is 0 Å². The average molecular weight is 283 g/mol. The maximum atomic E-state index is 11.3. The lowest BCUT2D eigenvalue weighted by molar-refractivity contribution is 0.176. The first-order valence-electron chi connectivity index (χ1n) is 4.56. The van der Waals surface area contributed by atoms with Gasteiger partial charge in [0.05, 0.1) is 21.4 Å². The van der Waals surface area contributed by atoms with Crippen molar-refractivity contribution >= 4 is 33.0 Å². The van der Waals surface area contributed by atoms with Crippen LogP contribution < -0.4 is 0 Å². The molecular formula is C10H12Cl2O3S. The van der Waals surface area contributed by atoms with Crippen molar-refractivity contribution in [1.29, 1.82) is 0 Å². The van der Waals surface area contributed by atoms with Gasteiger partial charge in [-0.2, -0.15) is 0 Å². The highest BCUT2D eigenvalue weighted by Gasteiger charge is 2.27. The predicted octanol–water partition coefficient (Wildman–Crippen LogP) is 2.46. The summed E-state index contributed by atoms with van der Waals surface area (Å²) in [6, 6.07) is 4.74. The van der Waals surface area contributed by atoms with E-state index in [4.69, 9.17) is 23.2 Å². The molecule has 0 amide bonds. The summed E-state index contributed by atoms with van der Waals surface area (Å²) in [5, 5.41) is 9.46. The Morgan fingerprint density at radius 3 is 2.38 bits per heavy atom. The zero-order valence-electron chi connectivity index (χ0n) is 8.81. The smallest absolute Gasteiger partial charge is 0.152 e. The van der Waals surface area contributed by atoms with Crippen molar-refractivity contribution in [3.8, 4) is 0 Å². The van der Waals surface area contributed by atoms with Crippen molar-refractivity contribution < 1.29 is 13.5 Å². The van der Waals surface area contributed by atoms with E-state index in [1.165, 1.54) is 6.92 Å². The Morgan fingerprint density at radius 2 is 1.88 bits per heavy atom. The lowest BCUT2D eigenvalue weighted by Crippen LogP contribution is -2.24. The van der Waals surface area contributed by atoms with E-state index in [1.807, 2.05) is 0 Å². The maximum absolute atomic E-state index is 11.3. The lowest BCUT2D eigenvalue weighted by Gasteiger charge is -2.18. The SMILES string of the molecule is CC(C(O)c1cccc(Cl)c1Cl)S(C)(=O)=O. The summed E-state index contributed by atoms with van der Waals surface area (Å²) in [4.78, 5) is 0. The molecular weight excluding hydrogens is 271 g/mol. The first kappa shape index (κ1) is 13.8. The van der Waals surface area contributed by atoms with Crippen LogP contribution in [-0.2, 0) is 9.84 Å². The second-order valence-electron chi connectivity index (χ2n) is 3.62. The molecule has 1 rings (SSSR count). The van der Waals surface area contributed by atoms with Gasteiger partial charge in [-0.15, -0.1) is 0 Å². The van der Waals surface area contributed by atoms with Crippen LogP contribution >= 0.6 is 23.2 Å². The average Bonchev–Trinajstić information content (AvgIpc) is 2.18. The molecule has 0 aliphatic heterocycles. The minimum Gasteiger partial charge on any atom is -0.387 e. The van der Waals surface area contributed by atoms with Gasteiger partial charge in [0.15, 0.2) is 9.84 Å². The fourth-order valence-electron chi connectivity index (χ4n) is 1.24. The molecule has 0 aliphatic rings. The molecule has 2 unspecified atom stereocenters. The molecule has 1 N–H and O–H groups in total. The van der Waals surface area contributed by atoms with Gasteiger partial charge in [-0.1, -0.05) is 35.3 Å². The van der Waals surface area contributed by atoms with Gasteiger partial charge in [-0.25, -0.2) is 8.42 Å². The number of aliphatic hydroxyl groups is 1. The number of aliphatic hydroxyl groups excluding tert-OH is 1. The van der Waals surface area contributed by atoms with Crippen molar-refractivity contribution in [2.24, 2.45) is 0 Å². The molecule has 1 aromatic rings. The quantitative estimate of drug-likeness (QED) is 0.927. The Hall–Kier alpha value is -0.290. The Bertz CT molecular complexity index is 485. The van der Waals surface area contributed by atoms with Crippen molar-refractivity contribution in [1.82, 2.24) is 0 Å². The second kappa shape index (κ2) is 4.92. The fourth-order valence-corrected chi connectivity index (χ4v) is 2.27. The molecule has 0 fully saturated rings. The van der Waals surface area contributed by atoms with Crippen LogP contribution in [0.5, 0.6) is 0 Å². The van der Waals surface area contributed by atoms with Gasteiger partial charge in [-0.3, -0.25) is 0 Å². The van der Waals surface area contributed by atoms with Crippen molar-refractivity contribution in [3.05, 3.63) is 33.8 Å². The largest absolute Gasteiger partial charge is 0.387 e. The van der Waals surface area contributed by atoms with Crippen LogP contribution in [0, 0.1) is 0 Å². The summed E-state index contributed by atoms with van der Waals surface area (Å²) in [5.74, 6) is 0. The standard InChI is InChI=1S/C10H12Cl2O3S/c1-6(16(2,14)15)10(13)7-4-3-5-8(11)9(7)12/h3-6,10,13H,1-2H3. The minimum absolute atomic E-state index is 0.187. The molecule has 0 spiro atoms. The summed E-state index contributed by atoms with van der Waals surface area (Å²) in [6.45, 7) is 1.43. The van der Waals surface area contributed by atoms with E-state index in [9.17, 15) is 13.5 Å². The van der Waals surface area contributed by atoms with Gasteiger partial charge in [0, 0.05) is 11.8 Å². The third-order valence-corrected chi connectivity index (χ3v) is 4.86. The van der Waals surface area contributed by atoms with Gasteiger partial charge in [0.1, 0.15) is 0 Å². The summed E-state index contributed by atoms with van der Waals surface area (Å²) in [6.07, 6.45) is -0.111. The van der Waals surface area contributed by atoms with E-state index >= 15 is 0 Å². The van der Waals surface area contributed by atoms with Gasteiger partial charge >= 0.3 is 0 Å². The molecule has 0 radical (unpaired) electrons. The van der Waals surface area contributed by atoms with Crippen molar-refractivity contribution in [2.45, 2.75) is 18.3 Å². The third kappa shape index (κ3) is 2.88. The van der Waals surface area contributed by atoms with Gasteiger partial charge in [0.25, 0.3) is 0 Å². The van der Waals surface area contributed by atoms with Crippen LogP contribution in [0.3, 0.4) is 0 Å². The predicted molar refractivity (Wildman–Crippen MR) is 65.7 cm³/mol. The Morgan fingerprint density at radius 1 is 1.31 bits per heavy atom. The van der Waals surface area contributed by atoms with Gasteiger partial charge in [0.2, 0.25) is 0 Å². The topological polar surface area (TPSA) is 54.4 Å². The van der Waals surface area contributed by atoms with Crippen LogP contribution in [0.1, 0.15) is 18.6 Å². The highest BCUT2D eigenvalue weighted by molar-refractivity contribution is 7.91. The molecule has 0 bridgehead atoms. The van der Waals surface area contributed by atoms with Gasteiger partial charge < -0.3 is 5.11 Å². The number of sulfone groups is 1. The third-order valence-electron chi connectivity index (χ3n) is 2.42. The molecule has 16 heavy (non-hydrogen) atoms. The highest BCUT2D eigenvalue weighted by Crippen LogP contribution is 2.32. The molecule has 2 atom stereocenters. The molecule has 6 heteroatoms.